The average molecular weight is 453 g/mol. The van der Waals surface area contributed by atoms with Crippen LogP contribution >= 0.6 is 0 Å². The zero-order valence-corrected chi connectivity index (χ0v) is 16.8. The second-order valence-electron chi connectivity index (χ2n) is 7.57. The van der Waals surface area contributed by atoms with Gasteiger partial charge in [-0.25, -0.2) is 13.8 Å². The molecule has 1 aromatic heterocycles. The van der Waals surface area contributed by atoms with Crippen molar-refractivity contribution in [1.82, 2.24) is 14.9 Å². The fourth-order valence-corrected chi connectivity index (χ4v) is 3.84. The van der Waals surface area contributed by atoms with Crippen molar-refractivity contribution in [2.75, 3.05) is 13.2 Å². The highest BCUT2D eigenvalue weighted by Crippen LogP contribution is 2.35. The van der Waals surface area contributed by atoms with Crippen molar-refractivity contribution in [1.29, 1.82) is 0 Å². The Labute approximate surface area is 180 Å². The van der Waals surface area contributed by atoms with Gasteiger partial charge in [0.25, 0.3) is 12.3 Å². The molecule has 10 heteroatoms. The molecule has 1 aliphatic rings. The molecule has 0 aliphatic carbocycles. The Balaban J connectivity index is 1.66. The summed E-state index contributed by atoms with van der Waals surface area (Å²) < 4.78 is 72.0. The molecule has 2 aromatic carbocycles. The molecule has 1 aliphatic heterocycles. The number of imidazole rings is 1. The molecule has 0 spiro atoms. The van der Waals surface area contributed by atoms with Crippen molar-refractivity contribution < 1.29 is 31.5 Å². The van der Waals surface area contributed by atoms with Crippen LogP contribution in [0.1, 0.15) is 29.0 Å². The van der Waals surface area contributed by atoms with Gasteiger partial charge in [0, 0.05) is 17.7 Å². The van der Waals surface area contributed by atoms with Gasteiger partial charge < -0.3 is 14.6 Å². The van der Waals surface area contributed by atoms with Gasteiger partial charge in [0.1, 0.15) is 0 Å². The summed E-state index contributed by atoms with van der Waals surface area (Å²) in [6.45, 7) is 0.0170. The van der Waals surface area contributed by atoms with E-state index in [1.165, 1.54) is 12.1 Å². The number of aromatic nitrogens is 2. The minimum absolute atomic E-state index is 0.0305. The van der Waals surface area contributed by atoms with Crippen LogP contribution in [0.15, 0.2) is 42.5 Å². The Morgan fingerprint density at radius 3 is 2.56 bits per heavy atom. The van der Waals surface area contributed by atoms with Gasteiger partial charge in [-0.05, 0) is 36.6 Å². The van der Waals surface area contributed by atoms with E-state index < -0.39 is 25.0 Å². The lowest BCUT2D eigenvalue weighted by Crippen LogP contribution is -2.40. The number of benzene rings is 2. The highest BCUT2D eigenvalue weighted by molar-refractivity contribution is 5.96. The van der Waals surface area contributed by atoms with E-state index in [4.69, 9.17) is 4.74 Å². The molecular formula is C22H20F5N3O2. The van der Waals surface area contributed by atoms with Crippen LogP contribution in [0, 0.1) is 0 Å². The Bertz CT molecular complexity index is 1100. The number of rotatable bonds is 5. The summed E-state index contributed by atoms with van der Waals surface area (Å²) in [6.07, 6.45) is -6.15. The van der Waals surface area contributed by atoms with Crippen LogP contribution in [-0.4, -0.2) is 41.1 Å². The second kappa shape index (κ2) is 8.85. The van der Waals surface area contributed by atoms with E-state index >= 15 is 0 Å². The first-order chi connectivity index (χ1) is 15.2. The summed E-state index contributed by atoms with van der Waals surface area (Å²) in [5.41, 5.74) is 1.20. The lowest BCUT2D eigenvalue weighted by molar-refractivity contribution is -0.147. The van der Waals surface area contributed by atoms with Gasteiger partial charge in [0.2, 0.25) is 5.82 Å². The number of halogens is 5. The minimum Gasteiger partial charge on any atom is -0.379 e. The van der Waals surface area contributed by atoms with Gasteiger partial charge in [0.05, 0.1) is 30.2 Å². The van der Waals surface area contributed by atoms with Gasteiger partial charge in [-0.1, -0.05) is 24.3 Å². The molecule has 4 rings (SSSR count). The molecule has 0 unspecified atom stereocenters. The average Bonchev–Trinajstić information content (AvgIpc) is 3.13. The van der Waals surface area contributed by atoms with Gasteiger partial charge in [-0.2, -0.15) is 13.2 Å². The van der Waals surface area contributed by atoms with E-state index in [1.54, 1.807) is 30.3 Å². The number of nitrogens with one attached hydrogen (secondary N) is 1. The SMILES string of the molecule is O=C(N[C@H]1CCCOC1)c1ccc(-c2cccc3c2nc(C(F)(F)F)n3CC(F)F)cc1. The summed E-state index contributed by atoms with van der Waals surface area (Å²) in [7, 11) is 0. The van der Waals surface area contributed by atoms with Gasteiger partial charge in [-0.15, -0.1) is 0 Å². The third kappa shape index (κ3) is 4.59. The molecule has 2 heterocycles. The maximum Gasteiger partial charge on any atom is 0.449 e. The van der Waals surface area contributed by atoms with E-state index in [-0.39, 0.29) is 23.0 Å². The molecule has 32 heavy (non-hydrogen) atoms. The third-order valence-corrected chi connectivity index (χ3v) is 5.31. The first kappa shape index (κ1) is 22.2. The van der Waals surface area contributed by atoms with Crippen LogP contribution in [0.2, 0.25) is 0 Å². The van der Waals surface area contributed by atoms with Crippen LogP contribution in [0.25, 0.3) is 22.2 Å². The predicted octanol–water partition coefficient (Wildman–Crippen LogP) is 4.90. The molecule has 1 N–H and O–H groups in total. The number of para-hydroxylation sites is 1. The van der Waals surface area contributed by atoms with E-state index in [0.29, 0.717) is 34.5 Å². The number of fused-ring (bicyclic) bond motifs is 1. The maximum absolute atomic E-state index is 13.4. The highest BCUT2D eigenvalue weighted by Gasteiger charge is 2.38. The summed E-state index contributed by atoms with van der Waals surface area (Å²) in [6, 6.07) is 10.6. The highest BCUT2D eigenvalue weighted by atomic mass is 19.4. The minimum atomic E-state index is -4.88. The number of ether oxygens (including phenoxy) is 1. The third-order valence-electron chi connectivity index (χ3n) is 5.31. The number of carbonyl (C=O) groups excluding carboxylic acids is 1. The monoisotopic (exact) mass is 453 g/mol. The lowest BCUT2D eigenvalue weighted by Gasteiger charge is -2.23. The fraction of sp³-hybridized carbons (Fsp3) is 0.364. The summed E-state index contributed by atoms with van der Waals surface area (Å²) in [5.74, 6) is -1.64. The zero-order chi connectivity index (χ0) is 22.9. The van der Waals surface area contributed by atoms with Crippen LogP contribution in [0.5, 0.6) is 0 Å². The first-order valence-corrected chi connectivity index (χ1v) is 10.1. The second-order valence-corrected chi connectivity index (χ2v) is 7.57. The van der Waals surface area contributed by atoms with E-state index in [9.17, 15) is 26.7 Å². The van der Waals surface area contributed by atoms with Crippen molar-refractivity contribution in [3.8, 4) is 11.1 Å². The molecule has 5 nitrogen and oxygen atoms in total. The Morgan fingerprint density at radius 1 is 1.19 bits per heavy atom. The number of alkyl halides is 5. The van der Waals surface area contributed by atoms with Crippen LogP contribution in [0.4, 0.5) is 22.0 Å². The van der Waals surface area contributed by atoms with E-state index in [0.717, 1.165) is 12.8 Å². The Hall–Kier alpha value is -3.01. The summed E-state index contributed by atoms with van der Waals surface area (Å²) in [5, 5.41) is 2.89. The van der Waals surface area contributed by atoms with Crippen LogP contribution in [-0.2, 0) is 17.5 Å². The van der Waals surface area contributed by atoms with Gasteiger partial charge in [-0.3, -0.25) is 4.79 Å². The predicted molar refractivity (Wildman–Crippen MR) is 107 cm³/mol. The number of carbonyl (C=O) groups is 1. The fourth-order valence-electron chi connectivity index (χ4n) is 3.84. The number of nitrogens with zero attached hydrogens (tertiary/aromatic N) is 2. The van der Waals surface area contributed by atoms with Gasteiger partial charge >= 0.3 is 6.18 Å². The molecule has 0 bridgehead atoms. The first-order valence-electron chi connectivity index (χ1n) is 10.1. The standard InChI is InChI=1S/C22H20F5N3O2/c23-18(24)11-30-17-5-1-4-16(19(17)29-21(30)22(25,26)27)13-6-8-14(9-7-13)20(31)28-15-3-2-10-32-12-15/h1,4-9,15,18H,2-3,10-12H2,(H,28,31)/t15-/m0/s1. The van der Waals surface area contributed by atoms with Crippen molar-refractivity contribution in [2.45, 2.75) is 38.0 Å². The van der Waals surface area contributed by atoms with E-state index in [2.05, 4.69) is 10.3 Å². The summed E-state index contributed by atoms with van der Waals surface area (Å²) in [4.78, 5) is 16.1. The summed E-state index contributed by atoms with van der Waals surface area (Å²) >= 11 is 0. The molecular weight excluding hydrogens is 433 g/mol. The molecule has 1 amide bonds. The topological polar surface area (TPSA) is 56.1 Å². The lowest BCUT2D eigenvalue weighted by atomic mass is 10.0. The largest absolute Gasteiger partial charge is 0.449 e. The van der Waals surface area contributed by atoms with Crippen molar-refractivity contribution in [2.24, 2.45) is 0 Å². The van der Waals surface area contributed by atoms with E-state index in [1.807, 2.05) is 0 Å². The quantitative estimate of drug-likeness (QED) is 0.560. The van der Waals surface area contributed by atoms with Crippen molar-refractivity contribution >= 4 is 16.9 Å². The van der Waals surface area contributed by atoms with Crippen molar-refractivity contribution in [3.63, 3.8) is 0 Å². The molecule has 170 valence electrons. The Morgan fingerprint density at radius 2 is 1.94 bits per heavy atom. The number of amides is 1. The van der Waals surface area contributed by atoms with Gasteiger partial charge in [0.15, 0.2) is 0 Å². The number of hydrogen-bond donors (Lipinski definition) is 1. The molecule has 0 radical (unpaired) electrons. The maximum atomic E-state index is 13.4. The molecule has 1 fully saturated rings. The zero-order valence-electron chi connectivity index (χ0n) is 16.8. The number of hydrogen-bond acceptors (Lipinski definition) is 3. The molecule has 0 saturated carbocycles. The van der Waals surface area contributed by atoms with Crippen LogP contribution < -0.4 is 5.32 Å². The van der Waals surface area contributed by atoms with Crippen LogP contribution in [0.3, 0.4) is 0 Å². The van der Waals surface area contributed by atoms with Crippen molar-refractivity contribution in [3.05, 3.63) is 53.9 Å². The smallest absolute Gasteiger partial charge is 0.379 e. The molecule has 3 aromatic rings. The Kier molecular flexibility index (Phi) is 6.14. The molecule has 1 atom stereocenters. The molecule has 1 saturated heterocycles. The normalized spacial score (nSPS) is 17.1.